The van der Waals surface area contributed by atoms with Crippen molar-refractivity contribution in [3.8, 4) is 11.4 Å². The average Bonchev–Trinajstić information content (AvgIpc) is 3.37. The molecule has 0 bridgehead atoms. The summed E-state index contributed by atoms with van der Waals surface area (Å²) < 4.78 is 0. The SMILES string of the molecule is O=C(Cn1nnc(-c2ccccc2)n1)NCc1cccc(CN2CCCC2=O)c1. The van der Waals surface area contributed by atoms with Crippen LogP contribution in [-0.2, 0) is 29.2 Å². The standard InChI is InChI=1S/C21H22N6O2/c28-19(15-27-24-21(23-25-27)18-8-2-1-3-9-18)22-13-16-6-4-7-17(12-16)14-26-11-5-10-20(26)29/h1-4,6-9,12H,5,10-11,13-15H2,(H,22,28). The molecule has 1 aromatic heterocycles. The molecule has 1 aliphatic rings. The fraction of sp³-hybridized carbons (Fsp3) is 0.286. The second kappa shape index (κ2) is 8.64. The normalized spacial score (nSPS) is 13.7. The molecule has 1 fully saturated rings. The van der Waals surface area contributed by atoms with Crippen LogP contribution < -0.4 is 5.32 Å². The minimum absolute atomic E-state index is 0.00179. The van der Waals surface area contributed by atoms with Crippen molar-refractivity contribution >= 4 is 11.8 Å². The van der Waals surface area contributed by atoms with Crippen LogP contribution in [0.25, 0.3) is 11.4 Å². The summed E-state index contributed by atoms with van der Waals surface area (Å²) in [5.74, 6) is 0.503. The molecule has 8 heteroatoms. The van der Waals surface area contributed by atoms with Crippen molar-refractivity contribution in [1.82, 2.24) is 30.4 Å². The third kappa shape index (κ3) is 4.84. The molecular formula is C21H22N6O2. The van der Waals surface area contributed by atoms with E-state index in [2.05, 4.69) is 20.7 Å². The first kappa shape index (κ1) is 18.8. The lowest BCUT2D eigenvalue weighted by molar-refractivity contribution is -0.128. The highest BCUT2D eigenvalue weighted by molar-refractivity contribution is 5.78. The number of hydrogen-bond donors (Lipinski definition) is 1. The van der Waals surface area contributed by atoms with Gasteiger partial charge in [-0.3, -0.25) is 9.59 Å². The molecule has 2 amide bonds. The summed E-state index contributed by atoms with van der Waals surface area (Å²) in [4.78, 5) is 27.2. The van der Waals surface area contributed by atoms with Gasteiger partial charge in [0.2, 0.25) is 17.6 Å². The third-order valence-electron chi connectivity index (χ3n) is 4.80. The lowest BCUT2D eigenvalue weighted by atomic mass is 10.1. The maximum atomic E-state index is 12.2. The van der Waals surface area contributed by atoms with Crippen molar-refractivity contribution in [3.63, 3.8) is 0 Å². The molecular weight excluding hydrogens is 368 g/mol. The average molecular weight is 390 g/mol. The Bertz CT molecular complexity index is 1000. The van der Waals surface area contributed by atoms with E-state index in [1.54, 1.807) is 0 Å². The number of nitrogens with one attached hydrogen (secondary N) is 1. The fourth-order valence-corrected chi connectivity index (χ4v) is 3.33. The highest BCUT2D eigenvalue weighted by Gasteiger charge is 2.20. The molecule has 2 heterocycles. The zero-order chi connectivity index (χ0) is 20.1. The van der Waals surface area contributed by atoms with Gasteiger partial charge in [-0.2, -0.15) is 4.80 Å². The Labute approximate surface area is 168 Å². The lowest BCUT2D eigenvalue weighted by Gasteiger charge is -2.16. The number of nitrogens with zero attached hydrogens (tertiary/aromatic N) is 5. The van der Waals surface area contributed by atoms with E-state index in [9.17, 15) is 9.59 Å². The second-order valence-corrected chi connectivity index (χ2v) is 7.03. The van der Waals surface area contributed by atoms with Gasteiger partial charge in [-0.05, 0) is 22.8 Å². The second-order valence-electron chi connectivity index (χ2n) is 7.03. The van der Waals surface area contributed by atoms with Gasteiger partial charge in [0.05, 0.1) is 0 Å². The van der Waals surface area contributed by atoms with Crippen LogP contribution in [0.15, 0.2) is 54.6 Å². The van der Waals surface area contributed by atoms with Crippen molar-refractivity contribution in [2.75, 3.05) is 6.54 Å². The van der Waals surface area contributed by atoms with Crippen LogP contribution in [0.3, 0.4) is 0 Å². The predicted octanol–water partition coefficient (Wildman–Crippen LogP) is 1.78. The molecule has 29 heavy (non-hydrogen) atoms. The van der Waals surface area contributed by atoms with E-state index < -0.39 is 0 Å². The van der Waals surface area contributed by atoms with Crippen LogP contribution in [0.5, 0.6) is 0 Å². The molecule has 0 unspecified atom stereocenters. The van der Waals surface area contributed by atoms with Crippen LogP contribution >= 0.6 is 0 Å². The Kier molecular flexibility index (Phi) is 5.60. The van der Waals surface area contributed by atoms with Crippen molar-refractivity contribution in [2.24, 2.45) is 0 Å². The van der Waals surface area contributed by atoms with Gasteiger partial charge in [0.1, 0.15) is 6.54 Å². The molecule has 4 rings (SSSR count). The quantitative estimate of drug-likeness (QED) is 0.664. The molecule has 0 aliphatic carbocycles. The molecule has 1 aliphatic heterocycles. The Balaban J connectivity index is 1.30. The highest BCUT2D eigenvalue weighted by atomic mass is 16.2. The van der Waals surface area contributed by atoms with E-state index in [0.717, 1.165) is 29.7 Å². The van der Waals surface area contributed by atoms with Crippen molar-refractivity contribution in [1.29, 1.82) is 0 Å². The highest BCUT2D eigenvalue weighted by Crippen LogP contribution is 2.15. The maximum Gasteiger partial charge on any atom is 0.243 e. The summed E-state index contributed by atoms with van der Waals surface area (Å²) in [5, 5.41) is 15.1. The smallest absolute Gasteiger partial charge is 0.243 e. The predicted molar refractivity (Wildman–Crippen MR) is 106 cm³/mol. The molecule has 3 aromatic rings. The Morgan fingerprint density at radius 1 is 1.07 bits per heavy atom. The summed E-state index contributed by atoms with van der Waals surface area (Å²) in [6, 6.07) is 17.4. The van der Waals surface area contributed by atoms with Gasteiger partial charge < -0.3 is 10.2 Å². The summed E-state index contributed by atoms with van der Waals surface area (Å²) in [6.07, 6.45) is 1.56. The van der Waals surface area contributed by atoms with Crippen LogP contribution in [-0.4, -0.2) is 43.5 Å². The van der Waals surface area contributed by atoms with E-state index in [0.29, 0.717) is 25.3 Å². The monoisotopic (exact) mass is 390 g/mol. The molecule has 1 N–H and O–H groups in total. The van der Waals surface area contributed by atoms with Crippen LogP contribution in [0.2, 0.25) is 0 Å². The van der Waals surface area contributed by atoms with Gasteiger partial charge in [0.15, 0.2) is 0 Å². The lowest BCUT2D eigenvalue weighted by Crippen LogP contribution is -2.28. The van der Waals surface area contributed by atoms with Gasteiger partial charge in [0.25, 0.3) is 0 Å². The number of tetrazole rings is 1. The van der Waals surface area contributed by atoms with Crippen LogP contribution in [0.4, 0.5) is 0 Å². The number of benzene rings is 2. The Morgan fingerprint density at radius 2 is 1.90 bits per heavy atom. The van der Waals surface area contributed by atoms with Crippen molar-refractivity contribution in [2.45, 2.75) is 32.5 Å². The topological polar surface area (TPSA) is 93.0 Å². The fourth-order valence-electron chi connectivity index (χ4n) is 3.33. The van der Waals surface area contributed by atoms with Gasteiger partial charge in [-0.25, -0.2) is 0 Å². The molecule has 1 saturated heterocycles. The number of aromatic nitrogens is 4. The molecule has 0 radical (unpaired) electrons. The molecule has 0 saturated carbocycles. The summed E-state index contributed by atoms with van der Waals surface area (Å²) in [7, 11) is 0. The van der Waals surface area contributed by atoms with Gasteiger partial charge in [-0.1, -0.05) is 54.6 Å². The van der Waals surface area contributed by atoms with E-state index in [4.69, 9.17) is 0 Å². The van der Waals surface area contributed by atoms with Gasteiger partial charge in [0, 0.05) is 31.6 Å². The molecule has 148 valence electrons. The first-order valence-corrected chi connectivity index (χ1v) is 9.63. The number of amides is 2. The van der Waals surface area contributed by atoms with Crippen molar-refractivity contribution < 1.29 is 9.59 Å². The maximum absolute atomic E-state index is 12.2. The number of carbonyl (C=O) groups excluding carboxylic acids is 2. The van der Waals surface area contributed by atoms with Crippen LogP contribution in [0.1, 0.15) is 24.0 Å². The first-order valence-electron chi connectivity index (χ1n) is 9.63. The zero-order valence-electron chi connectivity index (χ0n) is 16.0. The summed E-state index contributed by atoms with van der Waals surface area (Å²) in [6.45, 7) is 1.84. The van der Waals surface area contributed by atoms with Gasteiger partial charge >= 0.3 is 0 Å². The number of carbonyl (C=O) groups is 2. The van der Waals surface area contributed by atoms with E-state index in [1.165, 1.54) is 4.80 Å². The number of rotatable bonds is 7. The number of hydrogen-bond acceptors (Lipinski definition) is 5. The summed E-state index contributed by atoms with van der Waals surface area (Å²) in [5.41, 5.74) is 2.91. The molecule has 0 atom stereocenters. The Morgan fingerprint density at radius 3 is 2.69 bits per heavy atom. The first-order chi connectivity index (χ1) is 14.2. The molecule has 8 nitrogen and oxygen atoms in total. The zero-order valence-corrected chi connectivity index (χ0v) is 16.0. The number of likely N-dealkylation sites (tertiary alicyclic amines) is 1. The third-order valence-corrected chi connectivity index (χ3v) is 4.80. The molecule has 2 aromatic carbocycles. The largest absolute Gasteiger partial charge is 0.350 e. The summed E-state index contributed by atoms with van der Waals surface area (Å²) >= 11 is 0. The molecule has 0 spiro atoms. The van der Waals surface area contributed by atoms with Crippen LogP contribution in [0, 0.1) is 0 Å². The van der Waals surface area contributed by atoms with Gasteiger partial charge in [-0.15, -0.1) is 10.2 Å². The Hall–Kier alpha value is -3.55. The van der Waals surface area contributed by atoms with E-state index in [-0.39, 0.29) is 18.4 Å². The van der Waals surface area contributed by atoms with E-state index >= 15 is 0 Å². The van der Waals surface area contributed by atoms with E-state index in [1.807, 2.05) is 59.5 Å². The minimum Gasteiger partial charge on any atom is -0.350 e. The van der Waals surface area contributed by atoms with Crippen molar-refractivity contribution in [3.05, 3.63) is 65.7 Å². The minimum atomic E-state index is -0.192.